The van der Waals surface area contributed by atoms with E-state index in [1.54, 1.807) is 0 Å². The Morgan fingerprint density at radius 2 is 1.17 bits per heavy atom. The number of carbonyl (C=O) groups is 1. The Bertz CT molecular complexity index is 773. The topological polar surface area (TPSA) is 105 Å². The number of quaternary nitrogens is 1. The molecule has 9 heteroatoms. The zero-order chi connectivity index (χ0) is 34.4. The van der Waals surface area contributed by atoms with E-state index in [1.807, 2.05) is 21.1 Å². The lowest BCUT2D eigenvalue weighted by Crippen LogP contribution is -2.46. The van der Waals surface area contributed by atoms with Crippen LogP contribution in [0.4, 0.5) is 0 Å². The second-order valence-corrected chi connectivity index (χ2v) is 15.8. The third-order valence-electron chi connectivity index (χ3n) is 8.51. The first-order chi connectivity index (χ1) is 22.0. The van der Waals surface area contributed by atoms with Gasteiger partial charge in [0.05, 0.1) is 39.9 Å². The molecule has 0 radical (unpaired) electrons. The van der Waals surface area contributed by atoms with Crippen LogP contribution >= 0.6 is 7.82 Å². The van der Waals surface area contributed by atoms with Crippen LogP contribution in [0.2, 0.25) is 0 Å². The van der Waals surface area contributed by atoms with Gasteiger partial charge in [-0.15, -0.1) is 0 Å². The van der Waals surface area contributed by atoms with Gasteiger partial charge in [-0.1, -0.05) is 135 Å². The summed E-state index contributed by atoms with van der Waals surface area (Å²) in [6.45, 7) is 4.83. The Balaban J connectivity index is 4.39. The van der Waals surface area contributed by atoms with Gasteiger partial charge in [0.1, 0.15) is 13.2 Å². The third kappa shape index (κ3) is 31.8. The Morgan fingerprint density at radius 3 is 1.67 bits per heavy atom. The number of carbonyl (C=O) groups excluding carboxylic acids is 1. The molecule has 0 bridgehead atoms. The molecule has 0 rings (SSSR count). The minimum absolute atomic E-state index is 0.0741. The van der Waals surface area contributed by atoms with E-state index in [9.17, 15) is 19.4 Å². The number of hydrogen-bond donors (Lipinski definition) is 3. The highest BCUT2D eigenvalue weighted by atomic mass is 31.2. The number of unbranched alkanes of at least 4 members (excludes halogenated alkanes) is 19. The van der Waals surface area contributed by atoms with Crippen LogP contribution in [0.5, 0.6) is 0 Å². The normalized spacial score (nSPS) is 14.8. The molecule has 0 spiro atoms. The number of amides is 1. The number of aliphatic hydroxyl groups excluding tert-OH is 1. The van der Waals surface area contributed by atoms with Crippen LogP contribution in [0.25, 0.3) is 0 Å². The molecule has 0 heterocycles. The van der Waals surface area contributed by atoms with E-state index in [4.69, 9.17) is 9.05 Å². The summed E-state index contributed by atoms with van der Waals surface area (Å²) in [4.78, 5) is 22.9. The summed E-state index contributed by atoms with van der Waals surface area (Å²) in [6.07, 6.45) is 31.0. The van der Waals surface area contributed by atoms with Crippen molar-refractivity contribution >= 4 is 13.7 Å². The second kappa shape index (κ2) is 30.3. The predicted octanol–water partition coefficient (Wildman–Crippen LogP) is 9.63. The fourth-order valence-corrected chi connectivity index (χ4v) is 6.13. The summed E-state index contributed by atoms with van der Waals surface area (Å²) >= 11 is 0. The van der Waals surface area contributed by atoms with Crippen molar-refractivity contribution in [3.05, 3.63) is 12.2 Å². The number of aliphatic hydroxyl groups is 1. The van der Waals surface area contributed by atoms with E-state index in [0.29, 0.717) is 23.9 Å². The Kier molecular flexibility index (Phi) is 29.8. The number of rotatable bonds is 34. The van der Waals surface area contributed by atoms with Crippen LogP contribution in [-0.4, -0.2) is 73.4 Å². The van der Waals surface area contributed by atoms with Crippen molar-refractivity contribution in [1.29, 1.82) is 0 Å². The van der Waals surface area contributed by atoms with Crippen LogP contribution < -0.4 is 5.32 Å². The van der Waals surface area contributed by atoms with Gasteiger partial charge < -0.3 is 19.8 Å². The van der Waals surface area contributed by atoms with Crippen molar-refractivity contribution in [3.8, 4) is 0 Å². The molecule has 0 saturated heterocycles. The molecule has 46 heavy (non-hydrogen) atoms. The number of phosphoric acid groups is 1. The molecule has 1 amide bonds. The largest absolute Gasteiger partial charge is 0.472 e. The summed E-state index contributed by atoms with van der Waals surface area (Å²) in [5.74, 6) is -0.157. The van der Waals surface area contributed by atoms with Crippen molar-refractivity contribution in [2.45, 2.75) is 180 Å². The van der Waals surface area contributed by atoms with E-state index in [0.717, 1.165) is 51.4 Å². The van der Waals surface area contributed by atoms with E-state index < -0.39 is 20.0 Å². The van der Waals surface area contributed by atoms with E-state index in [-0.39, 0.29) is 19.1 Å². The summed E-state index contributed by atoms with van der Waals surface area (Å²) in [6, 6.07) is -0.757. The lowest BCUT2D eigenvalue weighted by molar-refractivity contribution is -0.870. The zero-order valence-electron chi connectivity index (χ0n) is 30.8. The Hall–Kier alpha value is -0.760. The van der Waals surface area contributed by atoms with Gasteiger partial charge in [-0.2, -0.15) is 0 Å². The first kappa shape index (κ1) is 45.2. The van der Waals surface area contributed by atoms with Crippen LogP contribution in [0, 0.1) is 0 Å². The SMILES string of the molecule is CCCCCCCCC/C=C\CCCCCCCC(=O)NC(COP(=O)(O)OCC[N+](C)(C)C)C(O)CCCCCCCCCC. The molecule has 0 aromatic heterocycles. The quantitative estimate of drug-likeness (QED) is 0.0272. The van der Waals surface area contributed by atoms with Crippen LogP contribution in [0.15, 0.2) is 12.2 Å². The standard InChI is InChI=1S/C37H75N2O6P/c1-6-8-10-12-14-16-17-18-19-20-21-22-23-25-27-29-31-37(41)38-35(34-45-46(42,43)44-33-32-39(3,4)5)36(40)30-28-26-24-15-13-11-9-7-2/h19-20,35-36,40H,6-18,21-34H2,1-5H3,(H-,38,41,42,43)/p+1/b20-19-. The van der Waals surface area contributed by atoms with Crippen molar-refractivity contribution in [2.75, 3.05) is 40.9 Å². The molecule has 0 aromatic carbocycles. The summed E-state index contributed by atoms with van der Waals surface area (Å²) in [7, 11) is 1.61. The molecule has 0 aliphatic carbocycles. The number of likely N-dealkylation sites (N-methyl/N-ethyl adjacent to an activating group) is 1. The highest BCUT2D eigenvalue weighted by Gasteiger charge is 2.28. The third-order valence-corrected chi connectivity index (χ3v) is 9.50. The average Bonchev–Trinajstić information content (AvgIpc) is 2.99. The summed E-state index contributed by atoms with van der Waals surface area (Å²) in [5.41, 5.74) is 0. The van der Waals surface area contributed by atoms with Gasteiger partial charge in [0.25, 0.3) is 0 Å². The highest BCUT2D eigenvalue weighted by Crippen LogP contribution is 2.43. The second-order valence-electron chi connectivity index (χ2n) is 14.3. The van der Waals surface area contributed by atoms with Gasteiger partial charge in [-0.3, -0.25) is 13.8 Å². The zero-order valence-corrected chi connectivity index (χ0v) is 31.7. The molecule has 0 aliphatic heterocycles. The van der Waals surface area contributed by atoms with Crippen molar-refractivity contribution in [3.63, 3.8) is 0 Å². The maximum atomic E-state index is 12.8. The summed E-state index contributed by atoms with van der Waals surface area (Å²) in [5, 5.41) is 13.8. The fraction of sp³-hybridized carbons (Fsp3) is 0.919. The molecule has 3 atom stereocenters. The van der Waals surface area contributed by atoms with Gasteiger partial charge in [0, 0.05) is 6.42 Å². The van der Waals surface area contributed by atoms with Crippen LogP contribution in [-0.2, 0) is 18.4 Å². The average molecular weight is 676 g/mol. The van der Waals surface area contributed by atoms with Crippen molar-refractivity contribution < 1.29 is 32.9 Å². The van der Waals surface area contributed by atoms with Gasteiger partial charge in [0.15, 0.2) is 0 Å². The fourth-order valence-electron chi connectivity index (χ4n) is 5.39. The lowest BCUT2D eigenvalue weighted by atomic mass is 10.0. The lowest BCUT2D eigenvalue weighted by Gasteiger charge is -2.26. The minimum Gasteiger partial charge on any atom is -0.391 e. The number of hydrogen-bond acceptors (Lipinski definition) is 5. The van der Waals surface area contributed by atoms with E-state index >= 15 is 0 Å². The molecule has 0 aliphatic rings. The van der Waals surface area contributed by atoms with Crippen LogP contribution in [0.1, 0.15) is 168 Å². The molecule has 8 nitrogen and oxygen atoms in total. The first-order valence-electron chi connectivity index (χ1n) is 19.1. The molecule has 3 N–H and O–H groups in total. The van der Waals surface area contributed by atoms with Gasteiger partial charge in [-0.05, 0) is 38.5 Å². The Labute approximate surface area is 284 Å². The number of allylic oxidation sites excluding steroid dienone is 2. The molecule has 0 fully saturated rings. The number of nitrogens with zero attached hydrogens (tertiary/aromatic N) is 1. The van der Waals surface area contributed by atoms with E-state index in [1.165, 1.54) is 89.9 Å². The van der Waals surface area contributed by atoms with Crippen LogP contribution in [0.3, 0.4) is 0 Å². The monoisotopic (exact) mass is 676 g/mol. The first-order valence-corrected chi connectivity index (χ1v) is 20.5. The van der Waals surface area contributed by atoms with Crippen molar-refractivity contribution in [2.24, 2.45) is 0 Å². The number of nitrogens with one attached hydrogen (secondary N) is 1. The smallest absolute Gasteiger partial charge is 0.391 e. The van der Waals surface area contributed by atoms with Gasteiger partial charge in [-0.25, -0.2) is 4.57 Å². The molecular weight excluding hydrogens is 599 g/mol. The molecule has 0 saturated carbocycles. The molecule has 3 unspecified atom stereocenters. The molecule has 274 valence electrons. The Morgan fingerprint density at radius 1 is 0.717 bits per heavy atom. The number of phosphoric ester groups is 1. The maximum absolute atomic E-state index is 12.8. The van der Waals surface area contributed by atoms with Crippen molar-refractivity contribution in [1.82, 2.24) is 5.32 Å². The van der Waals surface area contributed by atoms with Gasteiger partial charge in [0.2, 0.25) is 5.91 Å². The highest BCUT2D eigenvalue weighted by molar-refractivity contribution is 7.47. The maximum Gasteiger partial charge on any atom is 0.472 e. The van der Waals surface area contributed by atoms with E-state index in [2.05, 4.69) is 31.3 Å². The van der Waals surface area contributed by atoms with Gasteiger partial charge >= 0.3 is 7.82 Å². The summed E-state index contributed by atoms with van der Waals surface area (Å²) < 4.78 is 23.4. The molecular formula is C37H76N2O6P+. The predicted molar refractivity (Wildman–Crippen MR) is 194 cm³/mol. The minimum atomic E-state index is -4.30. The molecule has 0 aromatic rings.